The van der Waals surface area contributed by atoms with Crippen molar-refractivity contribution in [3.63, 3.8) is 0 Å². The van der Waals surface area contributed by atoms with Gasteiger partial charge in [-0.3, -0.25) is 4.90 Å². The quantitative estimate of drug-likeness (QED) is 0.793. The molecule has 1 aromatic heterocycles. The number of nitrogens with zero attached hydrogens (tertiary/aromatic N) is 3. The molecule has 0 radical (unpaired) electrons. The van der Waals surface area contributed by atoms with Crippen molar-refractivity contribution in [3.8, 4) is 0 Å². The second kappa shape index (κ2) is 5.33. The molecule has 2 unspecified atom stereocenters. The molecule has 1 aromatic carbocycles. The molecule has 0 aliphatic carbocycles. The standard InChI is InChI=1S/C16H19N3O2/c1-11-15(19-10-17-8-14(19)16(20)21-3)13-7-5-4-6-12(13)9-18(11)2/h4-8,10-11,15H,9H2,1-3H3. The van der Waals surface area contributed by atoms with Gasteiger partial charge in [-0.2, -0.15) is 0 Å². The molecular formula is C16H19N3O2. The number of aromatic nitrogens is 2. The Kier molecular flexibility index (Phi) is 3.51. The highest BCUT2D eigenvalue weighted by Crippen LogP contribution is 2.34. The van der Waals surface area contributed by atoms with Gasteiger partial charge in [0.25, 0.3) is 0 Å². The number of fused-ring (bicyclic) bond motifs is 1. The third-order valence-electron chi connectivity index (χ3n) is 4.31. The topological polar surface area (TPSA) is 47.4 Å². The fourth-order valence-corrected chi connectivity index (χ4v) is 3.05. The lowest BCUT2D eigenvalue weighted by atomic mass is 9.90. The Morgan fingerprint density at radius 1 is 1.38 bits per heavy atom. The Morgan fingerprint density at radius 2 is 2.14 bits per heavy atom. The molecule has 0 N–H and O–H groups in total. The van der Waals surface area contributed by atoms with Crippen molar-refractivity contribution in [3.05, 3.63) is 53.6 Å². The van der Waals surface area contributed by atoms with E-state index in [1.54, 1.807) is 12.5 Å². The largest absolute Gasteiger partial charge is 0.464 e. The van der Waals surface area contributed by atoms with Gasteiger partial charge in [0.2, 0.25) is 0 Å². The van der Waals surface area contributed by atoms with Crippen molar-refractivity contribution in [1.29, 1.82) is 0 Å². The smallest absolute Gasteiger partial charge is 0.356 e. The zero-order chi connectivity index (χ0) is 15.0. The first kappa shape index (κ1) is 13.8. The molecular weight excluding hydrogens is 266 g/mol. The SMILES string of the molecule is COC(=O)c1cncn1C1c2ccccc2CN(C)C1C. The van der Waals surface area contributed by atoms with Crippen LogP contribution >= 0.6 is 0 Å². The lowest BCUT2D eigenvalue weighted by Gasteiger charge is -2.39. The number of methoxy groups -OCH3 is 1. The predicted molar refractivity (Wildman–Crippen MR) is 79.1 cm³/mol. The van der Waals surface area contributed by atoms with E-state index >= 15 is 0 Å². The second-order valence-corrected chi connectivity index (χ2v) is 5.48. The first-order valence-electron chi connectivity index (χ1n) is 7.01. The van der Waals surface area contributed by atoms with Crippen LogP contribution in [0.2, 0.25) is 0 Å². The van der Waals surface area contributed by atoms with Gasteiger partial charge in [-0.1, -0.05) is 24.3 Å². The third kappa shape index (κ3) is 2.23. The van der Waals surface area contributed by atoms with Gasteiger partial charge in [0, 0.05) is 12.6 Å². The van der Waals surface area contributed by atoms with Crippen molar-refractivity contribution in [2.45, 2.75) is 25.6 Å². The van der Waals surface area contributed by atoms with Gasteiger partial charge in [-0.15, -0.1) is 0 Å². The molecule has 2 heterocycles. The van der Waals surface area contributed by atoms with E-state index in [0.29, 0.717) is 5.69 Å². The monoisotopic (exact) mass is 285 g/mol. The normalized spacial score (nSPS) is 21.9. The minimum Gasteiger partial charge on any atom is -0.464 e. The molecule has 110 valence electrons. The highest BCUT2D eigenvalue weighted by Gasteiger charge is 2.33. The highest BCUT2D eigenvalue weighted by atomic mass is 16.5. The van der Waals surface area contributed by atoms with Crippen LogP contribution in [0, 0.1) is 0 Å². The Hall–Kier alpha value is -2.14. The van der Waals surface area contributed by atoms with Gasteiger partial charge in [-0.05, 0) is 25.1 Å². The number of ether oxygens (including phenoxy) is 1. The van der Waals surface area contributed by atoms with Gasteiger partial charge in [-0.25, -0.2) is 9.78 Å². The molecule has 0 amide bonds. The summed E-state index contributed by atoms with van der Waals surface area (Å²) >= 11 is 0. The van der Waals surface area contributed by atoms with E-state index < -0.39 is 0 Å². The summed E-state index contributed by atoms with van der Waals surface area (Å²) < 4.78 is 6.78. The maximum absolute atomic E-state index is 11.9. The van der Waals surface area contributed by atoms with Crippen LogP contribution in [0.4, 0.5) is 0 Å². The van der Waals surface area contributed by atoms with Gasteiger partial charge in [0.05, 0.1) is 25.7 Å². The average Bonchev–Trinajstić information content (AvgIpc) is 2.97. The number of hydrogen-bond donors (Lipinski definition) is 0. The molecule has 0 fully saturated rings. The van der Waals surface area contributed by atoms with E-state index in [-0.39, 0.29) is 18.1 Å². The lowest BCUT2D eigenvalue weighted by molar-refractivity contribution is 0.0582. The van der Waals surface area contributed by atoms with E-state index in [1.807, 2.05) is 10.6 Å². The van der Waals surface area contributed by atoms with Crippen LogP contribution in [0.25, 0.3) is 0 Å². The molecule has 3 rings (SSSR count). The van der Waals surface area contributed by atoms with Gasteiger partial charge in [0.1, 0.15) is 5.69 Å². The summed E-state index contributed by atoms with van der Waals surface area (Å²) in [4.78, 5) is 18.4. The van der Waals surface area contributed by atoms with Gasteiger partial charge >= 0.3 is 5.97 Å². The molecule has 5 nitrogen and oxygen atoms in total. The van der Waals surface area contributed by atoms with Crippen molar-refractivity contribution in [2.24, 2.45) is 0 Å². The predicted octanol–water partition coefficient (Wildman–Crippen LogP) is 2.09. The molecule has 0 saturated heterocycles. The van der Waals surface area contributed by atoms with Crippen molar-refractivity contribution >= 4 is 5.97 Å². The number of rotatable bonds is 2. The second-order valence-electron chi connectivity index (χ2n) is 5.48. The third-order valence-corrected chi connectivity index (χ3v) is 4.31. The van der Waals surface area contributed by atoms with E-state index in [4.69, 9.17) is 4.74 Å². The summed E-state index contributed by atoms with van der Waals surface area (Å²) in [6.45, 7) is 3.08. The van der Waals surface area contributed by atoms with Crippen LogP contribution in [0.5, 0.6) is 0 Å². The maximum atomic E-state index is 11.9. The van der Waals surface area contributed by atoms with Crippen molar-refractivity contribution in [2.75, 3.05) is 14.2 Å². The van der Waals surface area contributed by atoms with Crippen molar-refractivity contribution < 1.29 is 9.53 Å². The van der Waals surface area contributed by atoms with Gasteiger partial charge < -0.3 is 9.30 Å². The van der Waals surface area contributed by atoms with E-state index in [1.165, 1.54) is 18.2 Å². The number of imidazole rings is 1. The van der Waals surface area contributed by atoms with E-state index in [9.17, 15) is 4.79 Å². The Balaban J connectivity index is 2.13. The summed E-state index contributed by atoms with van der Waals surface area (Å²) in [5.74, 6) is -0.356. The molecule has 1 aliphatic rings. The minimum atomic E-state index is -0.356. The lowest BCUT2D eigenvalue weighted by Crippen LogP contribution is -2.42. The Bertz CT molecular complexity index is 665. The molecule has 2 atom stereocenters. The number of carbonyl (C=O) groups excluding carboxylic acids is 1. The fourth-order valence-electron chi connectivity index (χ4n) is 3.05. The molecule has 5 heteroatoms. The first-order chi connectivity index (χ1) is 10.1. The van der Waals surface area contributed by atoms with Crippen LogP contribution in [-0.2, 0) is 11.3 Å². The number of benzene rings is 1. The number of esters is 1. The van der Waals surface area contributed by atoms with E-state index in [0.717, 1.165) is 6.54 Å². The van der Waals surface area contributed by atoms with Crippen LogP contribution in [0.3, 0.4) is 0 Å². The van der Waals surface area contributed by atoms with Gasteiger partial charge in [0.15, 0.2) is 0 Å². The number of likely N-dealkylation sites (N-methyl/N-ethyl adjacent to an activating group) is 1. The van der Waals surface area contributed by atoms with Crippen LogP contribution in [0.1, 0.15) is 34.6 Å². The van der Waals surface area contributed by atoms with Crippen LogP contribution in [-0.4, -0.2) is 40.6 Å². The van der Waals surface area contributed by atoms with Crippen molar-refractivity contribution in [1.82, 2.24) is 14.5 Å². The highest BCUT2D eigenvalue weighted by molar-refractivity contribution is 5.87. The number of hydrogen-bond acceptors (Lipinski definition) is 4. The molecule has 0 spiro atoms. The average molecular weight is 285 g/mol. The molecule has 0 bridgehead atoms. The minimum absolute atomic E-state index is 0.0524. The maximum Gasteiger partial charge on any atom is 0.356 e. The summed E-state index contributed by atoms with van der Waals surface area (Å²) in [5, 5.41) is 0. The van der Waals surface area contributed by atoms with E-state index in [2.05, 4.69) is 42.1 Å². The van der Waals surface area contributed by atoms with Crippen LogP contribution < -0.4 is 0 Å². The Morgan fingerprint density at radius 3 is 2.90 bits per heavy atom. The number of carbonyl (C=O) groups is 1. The molecule has 1 aliphatic heterocycles. The summed E-state index contributed by atoms with van der Waals surface area (Å²) in [7, 11) is 3.49. The molecule has 2 aromatic rings. The Labute approximate surface area is 124 Å². The zero-order valence-electron chi connectivity index (χ0n) is 12.5. The molecule has 0 saturated carbocycles. The fraction of sp³-hybridized carbons (Fsp3) is 0.375. The first-order valence-corrected chi connectivity index (χ1v) is 7.01. The molecule has 21 heavy (non-hydrogen) atoms. The summed E-state index contributed by atoms with van der Waals surface area (Å²) in [6.07, 6.45) is 3.28. The summed E-state index contributed by atoms with van der Waals surface area (Å²) in [5.41, 5.74) is 3.01. The summed E-state index contributed by atoms with van der Waals surface area (Å²) in [6, 6.07) is 8.67. The van der Waals surface area contributed by atoms with Crippen LogP contribution in [0.15, 0.2) is 36.8 Å². The zero-order valence-corrected chi connectivity index (χ0v) is 12.5.